The van der Waals surface area contributed by atoms with Gasteiger partial charge in [0, 0.05) is 56.4 Å². The Morgan fingerprint density at radius 3 is 2.75 bits per heavy atom. The van der Waals surface area contributed by atoms with Crippen LogP contribution in [0.4, 0.5) is 0 Å². The van der Waals surface area contributed by atoms with Crippen molar-refractivity contribution in [2.24, 2.45) is 5.73 Å². The van der Waals surface area contributed by atoms with Gasteiger partial charge < -0.3 is 25.6 Å². The lowest BCUT2D eigenvalue weighted by Crippen LogP contribution is -2.44. The molecule has 0 unspecified atom stereocenters. The van der Waals surface area contributed by atoms with Crippen LogP contribution in [0.5, 0.6) is 0 Å². The van der Waals surface area contributed by atoms with E-state index in [0.29, 0.717) is 12.1 Å². The third-order valence-electron chi connectivity index (χ3n) is 4.72. The maximum Gasteiger partial charge on any atom is 0.335 e. The van der Waals surface area contributed by atoms with Crippen molar-refractivity contribution in [1.82, 2.24) is 14.8 Å². The molecule has 0 spiro atoms. The second kappa shape index (κ2) is 7.79. The number of nitrogens with zero attached hydrogens (tertiary/aromatic N) is 2. The van der Waals surface area contributed by atoms with Crippen LogP contribution < -0.4 is 11.1 Å². The summed E-state index contributed by atoms with van der Waals surface area (Å²) in [4.78, 5) is 13.8. The minimum Gasteiger partial charge on any atom is -0.478 e. The number of rotatable bonds is 7. The lowest BCUT2D eigenvalue weighted by molar-refractivity contribution is 0.0697. The number of nitrogens with two attached hydrogens (primary N) is 1. The fourth-order valence-electron chi connectivity index (χ4n) is 3.36. The van der Waals surface area contributed by atoms with Crippen molar-refractivity contribution in [2.45, 2.75) is 19.4 Å². The van der Waals surface area contributed by atoms with E-state index in [1.54, 1.807) is 6.07 Å². The molecule has 1 fully saturated rings. The number of aromatic nitrogens is 1. The van der Waals surface area contributed by atoms with Gasteiger partial charge in [-0.25, -0.2) is 4.79 Å². The Balaban J connectivity index is 1.85. The first kappa shape index (κ1) is 17.0. The Hall–Kier alpha value is -1.89. The molecule has 1 saturated heterocycles. The number of aromatic carboxylic acids is 1. The largest absolute Gasteiger partial charge is 0.478 e. The van der Waals surface area contributed by atoms with Gasteiger partial charge in [0.25, 0.3) is 0 Å². The minimum atomic E-state index is -0.875. The summed E-state index contributed by atoms with van der Waals surface area (Å²) in [6.45, 7) is 6.77. The summed E-state index contributed by atoms with van der Waals surface area (Å²) in [5.41, 5.74) is 8.32. The van der Waals surface area contributed by atoms with Crippen molar-refractivity contribution in [3.8, 4) is 0 Å². The van der Waals surface area contributed by atoms with Crippen LogP contribution in [-0.4, -0.2) is 59.8 Å². The molecule has 1 aromatic heterocycles. The van der Waals surface area contributed by atoms with E-state index in [-0.39, 0.29) is 0 Å². The Bertz CT molecular complexity index is 704. The molecule has 0 aliphatic carbocycles. The first-order valence-corrected chi connectivity index (χ1v) is 8.67. The molecule has 0 amide bonds. The van der Waals surface area contributed by atoms with E-state index < -0.39 is 5.97 Å². The predicted molar refractivity (Wildman–Crippen MR) is 95.6 cm³/mol. The molecular formula is C18H26N4O2. The van der Waals surface area contributed by atoms with Crippen LogP contribution >= 0.6 is 0 Å². The van der Waals surface area contributed by atoms with Crippen molar-refractivity contribution in [3.63, 3.8) is 0 Å². The van der Waals surface area contributed by atoms with Crippen molar-refractivity contribution in [2.75, 3.05) is 39.3 Å². The van der Waals surface area contributed by atoms with Crippen LogP contribution in [0.2, 0.25) is 0 Å². The van der Waals surface area contributed by atoms with Crippen LogP contribution in [0.25, 0.3) is 10.9 Å². The van der Waals surface area contributed by atoms with Crippen LogP contribution in [0.1, 0.15) is 22.3 Å². The van der Waals surface area contributed by atoms with Gasteiger partial charge in [0.15, 0.2) is 0 Å². The van der Waals surface area contributed by atoms with E-state index in [0.717, 1.165) is 63.0 Å². The zero-order valence-electron chi connectivity index (χ0n) is 14.0. The van der Waals surface area contributed by atoms with Crippen molar-refractivity contribution >= 4 is 16.9 Å². The molecular weight excluding hydrogens is 304 g/mol. The van der Waals surface area contributed by atoms with Crippen LogP contribution in [-0.2, 0) is 13.0 Å². The fourth-order valence-corrected chi connectivity index (χ4v) is 3.36. The average Bonchev–Trinajstić information content (AvgIpc) is 2.96. The lowest BCUT2D eigenvalue weighted by atomic mass is 10.1. The summed E-state index contributed by atoms with van der Waals surface area (Å²) in [6.07, 6.45) is 4.03. The smallest absolute Gasteiger partial charge is 0.335 e. The standard InChI is InChI=1S/C18H26N4O2/c19-5-1-8-22-13-15(4-9-21-10-6-20-7-11-21)16-12-14(18(23)24)2-3-17(16)22/h2-3,12-13,20H,1,4-11,19H2,(H,23,24). The number of hydrogen-bond donors (Lipinski definition) is 3. The molecule has 2 aromatic rings. The first-order valence-electron chi connectivity index (χ1n) is 8.67. The number of fused-ring (bicyclic) bond motifs is 1. The molecule has 0 atom stereocenters. The molecule has 130 valence electrons. The lowest BCUT2D eigenvalue weighted by Gasteiger charge is -2.26. The highest BCUT2D eigenvalue weighted by molar-refractivity contribution is 5.95. The number of carboxylic acid groups (broad SMARTS) is 1. The van der Waals surface area contributed by atoms with Crippen LogP contribution in [0, 0.1) is 0 Å². The monoisotopic (exact) mass is 330 g/mol. The van der Waals surface area contributed by atoms with Gasteiger partial charge in [-0.15, -0.1) is 0 Å². The summed E-state index contributed by atoms with van der Waals surface area (Å²) in [7, 11) is 0. The number of piperazine rings is 1. The highest BCUT2D eigenvalue weighted by atomic mass is 16.4. The summed E-state index contributed by atoms with van der Waals surface area (Å²) < 4.78 is 2.21. The quantitative estimate of drug-likeness (QED) is 0.709. The van der Waals surface area contributed by atoms with E-state index in [9.17, 15) is 9.90 Å². The zero-order valence-corrected chi connectivity index (χ0v) is 14.0. The highest BCUT2D eigenvalue weighted by Crippen LogP contribution is 2.24. The van der Waals surface area contributed by atoms with Crippen molar-refractivity contribution in [1.29, 1.82) is 0 Å². The van der Waals surface area contributed by atoms with Gasteiger partial charge in [0.05, 0.1) is 5.56 Å². The van der Waals surface area contributed by atoms with E-state index >= 15 is 0 Å². The minimum absolute atomic E-state index is 0.350. The molecule has 6 heteroatoms. The molecule has 6 nitrogen and oxygen atoms in total. The summed E-state index contributed by atoms with van der Waals surface area (Å²) in [5, 5.41) is 13.7. The topological polar surface area (TPSA) is 83.5 Å². The predicted octanol–water partition coefficient (Wildman–Crippen LogP) is 1.14. The molecule has 2 heterocycles. The molecule has 0 radical (unpaired) electrons. The van der Waals surface area contributed by atoms with Crippen LogP contribution in [0.15, 0.2) is 24.4 Å². The number of aryl methyl sites for hydroxylation is 1. The van der Waals surface area contributed by atoms with Gasteiger partial charge in [-0.1, -0.05) is 0 Å². The zero-order chi connectivity index (χ0) is 16.9. The third-order valence-corrected chi connectivity index (χ3v) is 4.72. The number of nitrogens with one attached hydrogen (secondary N) is 1. The fraction of sp³-hybridized carbons (Fsp3) is 0.500. The van der Waals surface area contributed by atoms with Gasteiger partial charge in [-0.05, 0) is 43.1 Å². The molecule has 1 aliphatic heterocycles. The molecule has 3 rings (SSSR count). The summed E-state index contributed by atoms with van der Waals surface area (Å²) in [6, 6.07) is 5.41. The molecule has 24 heavy (non-hydrogen) atoms. The molecule has 1 aliphatic rings. The number of carbonyl (C=O) groups is 1. The van der Waals surface area contributed by atoms with Gasteiger partial charge >= 0.3 is 5.97 Å². The number of hydrogen-bond acceptors (Lipinski definition) is 4. The second-order valence-corrected chi connectivity index (χ2v) is 6.37. The van der Waals surface area contributed by atoms with E-state index in [2.05, 4.69) is 21.0 Å². The summed E-state index contributed by atoms with van der Waals surface area (Å²) >= 11 is 0. The molecule has 4 N–H and O–H groups in total. The average molecular weight is 330 g/mol. The van der Waals surface area contributed by atoms with Gasteiger partial charge in [0.1, 0.15) is 0 Å². The van der Waals surface area contributed by atoms with Gasteiger partial charge in [-0.3, -0.25) is 0 Å². The summed E-state index contributed by atoms with van der Waals surface area (Å²) in [5.74, 6) is -0.875. The Labute approximate surface area is 142 Å². The number of carboxylic acids is 1. The van der Waals surface area contributed by atoms with Crippen molar-refractivity contribution < 1.29 is 9.90 Å². The van der Waals surface area contributed by atoms with E-state index in [4.69, 9.17) is 5.73 Å². The Morgan fingerprint density at radius 1 is 1.25 bits per heavy atom. The maximum absolute atomic E-state index is 11.3. The van der Waals surface area contributed by atoms with Gasteiger partial charge in [-0.2, -0.15) is 0 Å². The number of benzene rings is 1. The third kappa shape index (κ3) is 3.77. The van der Waals surface area contributed by atoms with Gasteiger partial charge in [0.2, 0.25) is 0 Å². The van der Waals surface area contributed by atoms with Crippen LogP contribution in [0.3, 0.4) is 0 Å². The molecule has 1 aromatic carbocycles. The second-order valence-electron chi connectivity index (χ2n) is 6.37. The molecule has 0 bridgehead atoms. The maximum atomic E-state index is 11.3. The van der Waals surface area contributed by atoms with E-state index in [1.165, 1.54) is 5.56 Å². The highest BCUT2D eigenvalue weighted by Gasteiger charge is 2.14. The normalized spacial score (nSPS) is 15.9. The molecule has 0 saturated carbocycles. The van der Waals surface area contributed by atoms with Crippen molar-refractivity contribution in [3.05, 3.63) is 35.5 Å². The SMILES string of the molecule is NCCCn1cc(CCN2CCNCC2)c2cc(C(=O)O)ccc21. The Morgan fingerprint density at radius 2 is 2.04 bits per heavy atom. The first-order chi connectivity index (χ1) is 11.7. The Kier molecular flexibility index (Phi) is 5.50. The van der Waals surface area contributed by atoms with E-state index in [1.807, 2.05) is 12.1 Å².